The number of amides is 1. The minimum absolute atomic E-state index is 0. The zero-order valence-corrected chi connectivity index (χ0v) is 16.3. The highest BCUT2D eigenvalue weighted by Crippen LogP contribution is 2.34. The van der Waals surface area contributed by atoms with Crippen LogP contribution < -0.4 is 11.1 Å². The Bertz CT molecular complexity index is 503. The van der Waals surface area contributed by atoms with E-state index in [4.69, 9.17) is 22.1 Å². The van der Waals surface area contributed by atoms with Gasteiger partial charge in [0, 0.05) is 36.6 Å². The SMILES string of the molecule is Cl.NCCCCCCC(=O)NCC1(c2ccc(Cl)cc2)CCOCC1. The number of benzene rings is 1. The molecule has 1 heterocycles. The molecule has 25 heavy (non-hydrogen) atoms. The first-order valence-electron chi connectivity index (χ1n) is 8.97. The summed E-state index contributed by atoms with van der Waals surface area (Å²) in [5.74, 6) is 0.141. The fourth-order valence-corrected chi connectivity index (χ4v) is 3.40. The van der Waals surface area contributed by atoms with Crippen LogP contribution >= 0.6 is 24.0 Å². The number of halogens is 2. The first kappa shape index (κ1) is 22.2. The number of nitrogens with one attached hydrogen (secondary N) is 1. The molecule has 4 nitrogen and oxygen atoms in total. The second kappa shape index (κ2) is 11.7. The number of unbranched alkanes of at least 4 members (excludes halogenated alkanes) is 3. The molecule has 1 aromatic carbocycles. The average molecular weight is 389 g/mol. The fraction of sp³-hybridized carbons (Fsp3) is 0.632. The van der Waals surface area contributed by atoms with Crippen LogP contribution in [-0.4, -0.2) is 32.2 Å². The molecule has 142 valence electrons. The van der Waals surface area contributed by atoms with Gasteiger partial charge in [0.25, 0.3) is 0 Å². The van der Waals surface area contributed by atoms with Gasteiger partial charge in [-0.1, -0.05) is 36.6 Å². The lowest BCUT2D eigenvalue weighted by atomic mass is 9.74. The molecule has 6 heteroatoms. The molecule has 1 amide bonds. The third-order valence-electron chi connectivity index (χ3n) is 4.89. The molecule has 0 atom stereocenters. The van der Waals surface area contributed by atoms with E-state index in [0.29, 0.717) is 13.0 Å². The van der Waals surface area contributed by atoms with Gasteiger partial charge in [-0.05, 0) is 49.9 Å². The van der Waals surface area contributed by atoms with Gasteiger partial charge < -0.3 is 15.8 Å². The number of carbonyl (C=O) groups is 1. The van der Waals surface area contributed by atoms with Crippen molar-refractivity contribution in [2.75, 3.05) is 26.3 Å². The Morgan fingerprint density at radius 1 is 1.12 bits per heavy atom. The molecule has 0 bridgehead atoms. The number of rotatable bonds is 9. The van der Waals surface area contributed by atoms with Gasteiger partial charge in [-0.3, -0.25) is 4.79 Å². The Kier molecular flexibility index (Phi) is 10.4. The topological polar surface area (TPSA) is 64.4 Å². The summed E-state index contributed by atoms with van der Waals surface area (Å²) in [6.45, 7) is 2.87. The summed E-state index contributed by atoms with van der Waals surface area (Å²) in [5.41, 5.74) is 6.67. The van der Waals surface area contributed by atoms with Crippen molar-refractivity contribution in [2.24, 2.45) is 5.73 Å². The van der Waals surface area contributed by atoms with Crippen LogP contribution in [0.15, 0.2) is 24.3 Å². The lowest BCUT2D eigenvalue weighted by Crippen LogP contribution is -2.44. The third-order valence-corrected chi connectivity index (χ3v) is 5.14. The number of carbonyl (C=O) groups excluding carboxylic acids is 1. The molecular weight excluding hydrogens is 359 g/mol. The second-order valence-corrected chi connectivity index (χ2v) is 7.07. The van der Waals surface area contributed by atoms with Crippen LogP contribution in [0.2, 0.25) is 5.02 Å². The van der Waals surface area contributed by atoms with E-state index in [1.54, 1.807) is 0 Å². The molecule has 2 rings (SSSR count). The van der Waals surface area contributed by atoms with Crippen molar-refractivity contribution in [1.82, 2.24) is 5.32 Å². The minimum Gasteiger partial charge on any atom is -0.381 e. The van der Waals surface area contributed by atoms with Crippen molar-refractivity contribution in [3.63, 3.8) is 0 Å². The van der Waals surface area contributed by atoms with E-state index in [-0.39, 0.29) is 23.7 Å². The van der Waals surface area contributed by atoms with Crippen LogP contribution in [0.5, 0.6) is 0 Å². The molecule has 0 radical (unpaired) electrons. The summed E-state index contributed by atoms with van der Waals surface area (Å²) in [6, 6.07) is 8.00. The van der Waals surface area contributed by atoms with Gasteiger partial charge in [0.2, 0.25) is 5.91 Å². The van der Waals surface area contributed by atoms with E-state index in [0.717, 1.165) is 63.3 Å². The summed E-state index contributed by atoms with van der Waals surface area (Å²) in [6.07, 6.45) is 6.59. The molecule has 1 aromatic rings. The average Bonchev–Trinajstić information content (AvgIpc) is 2.61. The lowest BCUT2D eigenvalue weighted by Gasteiger charge is -2.38. The molecular formula is C19H30Cl2N2O2. The van der Waals surface area contributed by atoms with E-state index < -0.39 is 0 Å². The second-order valence-electron chi connectivity index (χ2n) is 6.63. The van der Waals surface area contributed by atoms with E-state index in [1.807, 2.05) is 12.1 Å². The predicted molar refractivity (Wildman–Crippen MR) is 106 cm³/mol. The van der Waals surface area contributed by atoms with Gasteiger partial charge in [-0.15, -0.1) is 12.4 Å². The molecule has 1 aliphatic rings. The number of hydrogen-bond acceptors (Lipinski definition) is 3. The standard InChI is InChI=1S/C19H29ClN2O2.ClH/c20-17-8-6-16(7-9-17)19(10-13-24-14-11-19)15-22-18(23)5-3-1-2-4-12-21;/h6-9H,1-5,10-15,21H2,(H,22,23);1H. The number of hydrogen-bond donors (Lipinski definition) is 2. The van der Waals surface area contributed by atoms with Crippen LogP contribution in [0.25, 0.3) is 0 Å². The van der Waals surface area contributed by atoms with Crippen molar-refractivity contribution in [3.05, 3.63) is 34.9 Å². The normalized spacial score (nSPS) is 16.1. The maximum atomic E-state index is 12.2. The van der Waals surface area contributed by atoms with Crippen LogP contribution in [-0.2, 0) is 14.9 Å². The van der Waals surface area contributed by atoms with Gasteiger partial charge >= 0.3 is 0 Å². The smallest absolute Gasteiger partial charge is 0.220 e. The maximum absolute atomic E-state index is 12.2. The summed E-state index contributed by atoms with van der Waals surface area (Å²) in [7, 11) is 0. The highest BCUT2D eigenvalue weighted by Gasteiger charge is 2.34. The van der Waals surface area contributed by atoms with Crippen molar-refractivity contribution in [1.29, 1.82) is 0 Å². The predicted octanol–water partition coefficient (Wildman–Crippen LogP) is 3.84. The monoisotopic (exact) mass is 388 g/mol. The molecule has 0 aromatic heterocycles. The minimum atomic E-state index is -0.0436. The van der Waals surface area contributed by atoms with Gasteiger partial charge in [-0.2, -0.15) is 0 Å². The van der Waals surface area contributed by atoms with Crippen LogP contribution in [0, 0.1) is 0 Å². The van der Waals surface area contributed by atoms with E-state index in [2.05, 4.69) is 17.4 Å². The van der Waals surface area contributed by atoms with Crippen LogP contribution in [0.1, 0.15) is 50.5 Å². The maximum Gasteiger partial charge on any atom is 0.220 e. The molecule has 0 aliphatic carbocycles. The summed E-state index contributed by atoms with van der Waals surface area (Å²) in [5, 5.41) is 3.88. The summed E-state index contributed by atoms with van der Waals surface area (Å²) < 4.78 is 5.53. The Morgan fingerprint density at radius 2 is 1.76 bits per heavy atom. The molecule has 1 aliphatic heterocycles. The van der Waals surface area contributed by atoms with Crippen molar-refractivity contribution in [2.45, 2.75) is 50.4 Å². The van der Waals surface area contributed by atoms with E-state index in [9.17, 15) is 4.79 Å². The number of ether oxygens (including phenoxy) is 1. The molecule has 1 saturated heterocycles. The highest BCUT2D eigenvalue weighted by atomic mass is 35.5. The van der Waals surface area contributed by atoms with Gasteiger partial charge in [0.1, 0.15) is 0 Å². The van der Waals surface area contributed by atoms with Crippen LogP contribution in [0.3, 0.4) is 0 Å². The largest absolute Gasteiger partial charge is 0.381 e. The third kappa shape index (κ3) is 7.14. The van der Waals surface area contributed by atoms with Crippen LogP contribution in [0.4, 0.5) is 0 Å². The Morgan fingerprint density at radius 3 is 2.40 bits per heavy atom. The molecule has 3 N–H and O–H groups in total. The molecule has 0 spiro atoms. The fourth-order valence-electron chi connectivity index (χ4n) is 3.27. The van der Waals surface area contributed by atoms with Crippen molar-refractivity contribution < 1.29 is 9.53 Å². The van der Waals surface area contributed by atoms with E-state index in [1.165, 1.54) is 5.56 Å². The zero-order chi connectivity index (χ0) is 17.3. The molecule has 1 fully saturated rings. The Labute approximate surface area is 162 Å². The summed E-state index contributed by atoms with van der Waals surface area (Å²) in [4.78, 5) is 12.2. The first-order chi connectivity index (χ1) is 11.7. The molecule has 0 unspecified atom stereocenters. The van der Waals surface area contributed by atoms with Gasteiger partial charge in [-0.25, -0.2) is 0 Å². The molecule has 0 saturated carbocycles. The van der Waals surface area contributed by atoms with Crippen molar-refractivity contribution >= 4 is 29.9 Å². The quantitative estimate of drug-likeness (QED) is 0.631. The Hall–Kier alpha value is -0.810. The zero-order valence-electron chi connectivity index (χ0n) is 14.8. The first-order valence-corrected chi connectivity index (χ1v) is 9.35. The van der Waals surface area contributed by atoms with Gasteiger partial charge in [0.15, 0.2) is 0 Å². The Balaban J connectivity index is 0.00000312. The van der Waals surface area contributed by atoms with Crippen molar-refractivity contribution in [3.8, 4) is 0 Å². The number of nitrogens with two attached hydrogens (primary N) is 1. The highest BCUT2D eigenvalue weighted by molar-refractivity contribution is 6.30. The van der Waals surface area contributed by atoms with Gasteiger partial charge in [0.05, 0.1) is 0 Å². The lowest BCUT2D eigenvalue weighted by molar-refractivity contribution is -0.121. The summed E-state index contributed by atoms with van der Waals surface area (Å²) >= 11 is 6.01. The van der Waals surface area contributed by atoms with E-state index >= 15 is 0 Å².